The van der Waals surface area contributed by atoms with Crippen LogP contribution in [0, 0.1) is 0 Å². The summed E-state index contributed by atoms with van der Waals surface area (Å²) in [4.78, 5) is 4.51. The van der Waals surface area contributed by atoms with Crippen LogP contribution in [-0.4, -0.2) is 12.3 Å². The molecule has 0 unspecified atom stereocenters. The largest absolute Gasteiger partial charge is 0.290 e. The molecule has 0 aliphatic rings. The molecule has 74 valence electrons. The van der Waals surface area contributed by atoms with Gasteiger partial charge in [0, 0.05) is 12.3 Å². The Labute approximate surface area is 82.3 Å². The van der Waals surface area contributed by atoms with E-state index in [2.05, 4.69) is 32.3 Å². The van der Waals surface area contributed by atoms with Crippen LogP contribution in [0.4, 0.5) is 0 Å². The second-order valence-corrected chi connectivity index (χ2v) is 3.08. The Balaban J connectivity index is 4.20. The molecular formula is C12H21N. The molecule has 0 fully saturated rings. The zero-order valence-corrected chi connectivity index (χ0v) is 9.09. The van der Waals surface area contributed by atoms with Crippen molar-refractivity contribution in [2.75, 3.05) is 0 Å². The summed E-state index contributed by atoms with van der Waals surface area (Å²) in [5.74, 6) is 0. The molecule has 0 heterocycles. The first-order chi connectivity index (χ1) is 6.28. The lowest BCUT2D eigenvalue weighted by Gasteiger charge is -2.05. The van der Waals surface area contributed by atoms with Gasteiger partial charge in [-0.1, -0.05) is 39.5 Å². The van der Waals surface area contributed by atoms with E-state index in [1.807, 2.05) is 18.4 Å². The van der Waals surface area contributed by atoms with E-state index in [4.69, 9.17) is 0 Å². The average molecular weight is 179 g/mol. The van der Waals surface area contributed by atoms with Crippen molar-refractivity contribution in [3.63, 3.8) is 0 Å². The SMILES string of the molecule is C=C/C=C(/C=N\C(CC)CC)CC. The van der Waals surface area contributed by atoms with Crippen LogP contribution in [0.15, 0.2) is 29.3 Å². The zero-order chi connectivity index (χ0) is 10.1. The highest BCUT2D eigenvalue weighted by atomic mass is 14.8. The number of hydrogen-bond donors (Lipinski definition) is 0. The predicted molar refractivity (Wildman–Crippen MR) is 61.4 cm³/mol. The summed E-state index contributed by atoms with van der Waals surface area (Å²) < 4.78 is 0. The maximum Gasteiger partial charge on any atom is 0.0494 e. The first-order valence-corrected chi connectivity index (χ1v) is 5.13. The molecule has 1 nitrogen and oxygen atoms in total. The van der Waals surface area contributed by atoms with Crippen LogP contribution >= 0.6 is 0 Å². The van der Waals surface area contributed by atoms with Crippen molar-refractivity contribution in [1.29, 1.82) is 0 Å². The monoisotopic (exact) mass is 179 g/mol. The van der Waals surface area contributed by atoms with Crippen LogP contribution in [0.1, 0.15) is 40.0 Å². The molecule has 0 amide bonds. The third-order valence-electron chi connectivity index (χ3n) is 2.13. The fourth-order valence-electron chi connectivity index (χ4n) is 1.10. The molecule has 0 saturated heterocycles. The fourth-order valence-corrected chi connectivity index (χ4v) is 1.10. The number of rotatable bonds is 6. The van der Waals surface area contributed by atoms with Gasteiger partial charge in [0.1, 0.15) is 0 Å². The predicted octanol–water partition coefficient (Wildman–Crippen LogP) is 3.77. The van der Waals surface area contributed by atoms with Gasteiger partial charge in [-0.15, -0.1) is 0 Å². The van der Waals surface area contributed by atoms with Gasteiger partial charge in [0.05, 0.1) is 0 Å². The summed E-state index contributed by atoms with van der Waals surface area (Å²) in [6, 6.07) is 0.486. The molecule has 0 aliphatic heterocycles. The van der Waals surface area contributed by atoms with E-state index in [1.54, 1.807) is 0 Å². The highest BCUT2D eigenvalue weighted by molar-refractivity contribution is 5.78. The Morgan fingerprint density at radius 3 is 2.31 bits per heavy atom. The van der Waals surface area contributed by atoms with Gasteiger partial charge >= 0.3 is 0 Å². The molecule has 0 atom stereocenters. The van der Waals surface area contributed by atoms with Crippen molar-refractivity contribution >= 4 is 6.21 Å². The van der Waals surface area contributed by atoms with Gasteiger partial charge in [0.15, 0.2) is 0 Å². The molecule has 0 rings (SSSR count). The van der Waals surface area contributed by atoms with Crippen LogP contribution in [0.5, 0.6) is 0 Å². The van der Waals surface area contributed by atoms with Gasteiger partial charge in [0.25, 0.3) is 0 Å². The van der Waals surface area contributed by atoms with E-state index in [9.17, 15) is 0 Å². The lowest BCUT2D eigenvalue weighted by atomic mass is 10.1. The second kappa shape index (κ2) is 7.78. The summed E-state index contributed by atoms with van der Waals surface area (Å²) in [6.07, 6.45) is 9.09. The van der Waals surface area contributed by atoms with E-state index in [0.29, 0.717) is 6.04 Å². The number of aliphatic imine (C=N–C) groups is 1. The van der Waals surface area contributed by atoms with E-state index in [1.165, 1.54) is 5.57 Å². The van der Waals surface area contributed by atoms with Gasteiger partial charge in [-0.25, -0.2) is 0 Å². The zero-order valence-electron chi connectivity index (χ0n) is 9.09. The van der Waals surface area contributed by atoms with Gasteiger partial charge in [-0.3, -0.25) is 4.99 Å². The molecule has 0 aromatic rings. The Kier molecular flexibility index (Phi) is 7.27. The maximum atomic E-state index is 4.51. The lowest BCUT2D eigenvalue weighted by molar-refractivity contribution is 0.634. The third-order valence-corrected chi connectivity index (χ3v) is 2.13. The quantitative estimate of drug-likeness (QED) is 0.435. The molecule has 1 heteroatoms. The molecule has 0 N–H and O–H groups in total. The number of nitrogens with zero attached hydrogens (tertiary/aromatic N) is 1. The Morgan fingerprint density at radius 1 is 1.31 bits per heavy atom. The van der Waals surface area contributed by atoms with Crippen molar-refractivity contribution in [3.8, 4) is 0 Å². The average Bonchev–Trinajstić information content (AvgIpc) is 2.17. The van der Waals surface area contributed by atoms with Crippen molar-refractivity contribution in [3.05, 3.63) is 24.3 Å². The molecule has 0 spiro atoms. The summed E-state index contributed by atoms with van der Waals surface area (Å²) in [6.45, 7) is 10.2. The van der Waals surface area contributed by atoms with Crippen molar-refractivity contribution < 1.29 is 0 Å². The maximum absolute atomic E-state index is 4.51. The Bertz CT molecular complexity index is 185. The third kappa shape index (κ3) is 5.40. The molecular weight excluding hydrogens is 158 g/mol. The van der Waals surface area contributed by atoms with Gasteiger partial charge in [-0.05, 0) is 24.8 Å². The van der Waals surface area contributed by atoms with Gasteiger partial charge in [0.2, 0.25) is 0 Å². The molecule has 13 heavy (non-hydrogen) atoms. The molecule has 0 saturated carbocycles. The first kappa shape index (κ1) is 12.2. The van der Waals surface area contributed by atoms with Crippen LogP contribution in [0.3, 0.4) is 0 Å². The summed E-state index contributed by atoms with van der Waals surface area (Å²) in [5, 5.41) is 0. The summed E-state index contributed by atoms with van der Waals surface area (Å²) >= 11 is 0. The van der Waals surface area contributed by atoms with Gasteiger partial charge < -0.3 is 0 Å². The Morgan fingerprint density at radius 2 is 1.92 bits per heavy atom. The van der Waals surface area contributed by atoms with E-state index in [0.717, 1.165) is 19.3 Å². The molecule has 0 radical (unpaired) electrons. The number of hydrogen-bond acceptors (Lipinski definition) is 1. The summed E-state index contributed by atoms with van der Waals surface area (Å²) in [7, 11) is 0. The first-order valence-electron chi connectivity index (χ1n) is 5.13. The standard InChI is InChI=1S/C12H21N/c1-5-9-11(6-2)10-13-12(7-3)8-4/h5,9-10,12H,1,6-8H2,2-4H3/b11-9+,13-10-. The minimum Gasteiger partial charge on any atom is -0.290 e. The lowest BCUT2D eigenvalue weighted by Crippen LogP contribution is -2.00. The number of allylic oxidation sites excluding steroid dienone is 3. The Hall–Kier alpha value is -0.850. The molecule has 0 aromatic carbocycles. The minimum absolute atomic E-state index is 0.486. The van der Waals surface area contributed by atoms with E-state index < -0.39 is 0 Å². The van der Waals surface area contributed by atoms with Crippen molar-refractivity contribution in [2.24, 2.45) is 4.99 Å². The van der Waals surface area contributed by atoms with E-state index >= 15 is 0 Å². The van der Waals surface area contributed by atoms with Crippen molar-refractivity contribution in [2.45, 2.75) is 46.1 Å². The molecule has 0 aromatic heterocycles. The fraction of sp³-hybridized carbons (Fsp3) is 0.583. The van der Waals surface area contributed by atoms with Crippen LogP contribution in [0.2, 0.25) is 0 Å². The topological polar surface area (TPSA) is 12.4 Å². The van der Waals surface area contributed by atoms with Crippen LogP contribution in [-0.2, 0) is 0 Å². The van der Waals surface area contributed by atoms with E-state index in [-0.39, 0.29) is 0 Å². The molecule has 0 bridgehead atoms. The smallest absolute Gasteiger partial charge is 0.0494 e. The highest BCUT2D eigenvalue weighted by Crippen LogP contribution is 2.04. The van der Waals surface area contributed by atoms with Crippen LogP contribution < -0.4 is 0 Å². The highest BCUT2D eigenvalue weighted by Gasteiger charge is 1.97. The minimum atomic E-state index is 0.486. The van der Waals surface area contributed by atoms with Crippen LogP contribution in [0.25, 0.3) is 0 Å². The van der Waals surface area contributed by atoms with Gasteiger partial charge in [-0.2, -0.15) is 0 Å². The van der Waals surface area contributed by atoms with Crippen molar-refractivity contribution in [1.82, 2.24) is 0 Å². The molecule has 0 aliphatic carbocycles. The summed E-state index contributed by atoms with van der Waals surface area (Å²) in [5.41, 5.74) is 1.25. The second-order valence-electron chi connectivity index (χ2n) is 3.08. The normalized spacial score (nSPS) is 12.8.